The molecule has 2 N–H and O–H groups in total. The number of aliphatic hydroxyl groups is 2. The first kappa shape index (κ1) is 41.3. The molecule has 2 saturated heterocycles. The molecule has 13 atom stereocenters. The maximum atomic E-state index is 12.3. The topological polar surface area (TPSA) is 104 Å². The van der Waals surface area contributed by atoms with Gasteiger partial charge in [-0.1, -0.05) is 34.6 Å². The van der Waals surface area contributed by atoms with Crippen LogP contribution in [0, 0.1) is 50.7 Å². The summed E-state index contributed by atoms with van der Waals surface area (Å²) in [7, 11) is 5.40. The first-order chi connectivity index (χ1) is 25.3. The highest BCUT2D eigenvalue weighted by Gasteiger charge is 2.83. The molecule has 2 aliphatic heterocycles. The van der Waals surface area contributed by atoms with Crippen molar-refractivity contribution in [3.63, 3.8) is 0 Å². The maximum Gasteiger partial charge on any atom is 0.236 e. The van der Waals surface area contributed by atoms with Crippen molar-refractivity contribution < 1.29 is 34.0 Å². The molecule has 310 valence electrons. The molecule has 10 heteroatoms. The van der Waals surface area contributed by atoms with Crippen LogP contribution in [-0.4, -0.2) is 140 Å². The molecule has 0 aromatic carbocycles. The van der Waals surface area contributed by atoms with E-state index in [9.17, 15) is 15.0 Å². The van der Waals surface area contributed by atoms with E-state index in [-0.39, 0.29) is 46.8 Å². The lowest BCUT2D eigenvalue weighted by molar-refractivity contribution is -0.253. The Hall–Kier alpha value is -0.850. The van der Waals surface area contributed by atoms with Crippen molar-refractivity contribution in [1.82, 2.24) is 14.7 Å². The van der Waals surface area contributed by atoms with Crippen LogP contribution in [0.4, 0.5) is 0 Å². The van der Waals surface area contributed by atoms with Gasteiger partial charge in [-0.3, -0.25) is 14.6 Å². The number of morpholine rings is 1. The Labute approximate surface area is 327 Å². The Morgan fingerprint density at radius 3 is 2.35 bits per heavy atom. The number of methoxy groups -OCH3 is 1. The van der Waals surface area contributed by atoms with E-state index in [2.05, 4.69) is 44.4 Å². The van der Waals surface area contributed by atoms with E-state index in [4.69, 9.17) is 18.9 Å². The Morgan fingerprint density at radius 2 is 1.70 bits per heavy atom. The Bertz CT molecular complexity index is 1370. The number of likely N-dealkylation sites (N-methyl/N-ethyl adjacent to an activating group) is 1. The molecule has 54 heavy (non-hydrogen) atoms. The summed E-state index contributed by atoms with van der Waals surface area (Å²) in [5.74, 6) is 2.05. The molecule has 5 saturated carbocycles. The van der Waals surface area contributed by atoms with Crippen molar-refractivity contribution in [2.24, 2.45) is 50.7 Å². The van der Waals surface area contributed by atoms with Gasteiger partial charge in [0.1, 0.15) is 6.10 Å². The molecule has 7 rings (SSSR count). The zero-order valence-electron chi connectivity index (χ0n) is 35.9. The van der Waals surface area contributed by atoms with E-state index < -0.39 is 11.7 Å². The largest absolute Gasteiger partial charge is 0.393 e. The second-order valence-electron chi connectivity index (χ2n) is 21.2. The fourth-order valence-corrected chi connectivity index (χ4v) is 14.8. The minimum Gasteiger partial charge on any atom is -0.393 e. The van der Waals surface area contributed by atoms with Gasteiger partial charge < -0.3 is 34.1 Å². The Morgan fingerprint density at radius 1 is 1.02 bits per heavy atom. The predicted octanol–water partition coefficient (Wildman–Crippen LogP) is 5.43. The molecule has 5 aliphatic carbocycles. The lowest BCUT2D eigenvalue weighted by Crippen LogP contribution is -2.64. The van der Waals surface area contributed by atoms with Crippen molar-refractivity contribution in [2.75, 3.05) is 67.1 Å². The van der Waals surface area contributed by atoms with Crippen LogP contribution in [0.1, 0.15) is 113 Å². The first-order valence-corrected chi connectivity index (χ1v) is 21.8. The van der Waals surface area contributed by atoms with E-state index in [0.29, 0.717) is 60.3 Å². The molecular formula is C44H77N3O7. The molecule has 2 heterocycles. The molecule has 7 aliphatic rings. The van der Waals surface area contributed by atoms with Crippen LogP contribution >= 0.6 is 0 Å². The number of likely N-dealkylation sites (tertiary alicyclic amines) is 1. The normalized spacial score (nSPS) is 43.9. The average Bonchev–Trinajstić information content (AvgIpc) is 3.71. The van der Waals surface area contributed by atoms with Gasteiger partial charge in [0.2, 0.25) is 5.91 Å². The van der Waals surface area contributed by atoms with E-state index in [1.807, 2.05) is 34.9 Å². The van der Waals surface area contributed by atoms with Crippen molar-refractivity contribution in [1.29, 1.82) is 0 Å². The van der Waals surface area contributed by atoms with Gasteiger partial charge in [-0.15, -0.1) is 0 Å². The molecule has 0 radical (unpaired) electrons. The van der Waals surface area contributed by atoms with Crippen molar-refractivity contribution in [3.05, 3.63) is 0 Å². The number of nitrogens with zero attached hydrogens (tertiary/aromatic N) is 3. The molecular weight excluding hydrogens is 682 g/mol. The van der Waals surface area contributed by atoms with Gasteiger partial charge in [0.05, 0.1) is 37.1 Å². The van der Waals surface area contributed by atoms with Gasteiger partial charge in [-0.25, -0.2) is 0 Å². The van der Waals surface area contributed by atoms with E-state index >= 15 is 0 Å². The van der Waals surface area contributed by atoms with Gasteiger partial charge in [0, 0.05) is 65.4 Å². The number of rotatable bonds is 13. The van der Waals surface area contributed by atoms with Crippen LogP contribution in [0.15, 0.2) is 0 Å². The Kier molecular flexibility index (Phi) is 11.1. The quantitative estimate of drug-likeness (QED) is 0.255. The van der Waals surface area contributed by atoms with Crippen molar-refractivity contribution in [2.45, 2.75) is 156 Å². The fraction of sp³-hybridized carbons (Fsp3) is 0.977. The first-order valence-electron chi connectivity index (χ1n) is 21.8. The van der Waals surface area contributed by atoms with Gasteiger partial charge in [-0.05, 0) is 124 Å². The number of fused-ring (bicyclic) bond motifs is 2. The van der Waals surface area contributed by atoms with E-state index in [1.165, 1.54) is 38.5 Å². The summed E-state index contributed by atoms with van der Waals surface area (Å²) >= 11 is 0. The van der Waals surface area contributed by atoms with Crippen LogP contribution < -0.4 is 0 Å². The number of carbonyl (C=O) groups is 1. The third kappa shape index (κ3) is 6.37. The van der Waals surface area contributed by atoms with Crippen LogP contribution in [0.2, 0.25) is 0 Å². The van der Waals surface area contributed by atoms with E-state index in [0.717, 1.165) is 45.4 Å². The number of hydrogen-bond acceptors (Lipinski definition) is 9. The summed E-state index contributed by atoms with van der Waals surface area (Å²) in [5, 5.41) is 23.3. The maximum absolute atomic E-state index is 12.3. The SMILES string of the molecule is CCO[C@@H](C(C[C@@H](C)[C@H]1C[C@H](O)[C@@]2(C)C3CC[C@H]4C(C)(C)[C@@H](O[C@H]5CN(C6CN(CC(=O)N(C)C)C6)CCO5)CC[C@@]45C[C@@]35CC[C@]12C)OC)C(C)(C)O. The van der Waals surface area contributed by atoms with Crippen LogP contribution in [0.25, 0.3) is 0 Å². The molecule has 0 aromatic rings. The zero-order chi connectivity index (χ0) is 39.2. The molecule has 0 aromatic heterocycles. The van der Waals surface area contributed by atoms with Gasteiger partial charge >= 0.3 is 0 Å². The van der Waals surface area contributed by atoms with Crippen LogP contribution in [0.5, 0.6) is 0 Å². The lowest BCUT2D eigenvalue weighted by atomic mass is 9.41. The number of amides is 1. The Balaban J connectivity index is 1.01. The van der Waals surface area contributed by atoms with Gasteiger partial charge in [0.25, 0.3) is 0 Å². The molecule has 10 nitrogen and oxygen atoms in total. The molecule has 1 amide bonds. The summed E-state index contributed by atoms with van der Waals surface area (Å²) in [6.45, 7) is 23.3. The van der Waals surface area contributed by atoms with Gasteiger partial charge in [0.15, 0.2) is 6.29 Å². The second-order valence-corrected chi connectivity index (χ2v) is 21.2. The number of carbonyl (C=O) groups excluding carboxylic acids is 1. The minimum absolute atomic E-state index is 0.0475. The summed E-state index contributed by atoms with van der Waals surface area (Å²) < 4.78 is 25.4. The highest BCUT2D eigenvalue weighted by Crippen LogP contribution is 2.89. The third-order valence-electron chi connectivity index (χ3n) is 17.9. The summed E-state index contributed by atoms with van der Waals surface area (Å²) in [6.07, 6.45) is 9.20. The minimum atomic E-state index is -1.00. The van der Waals surface area contributed by atoms with Crippen molar-refractivity contribution >= 4 is 5.91 Å². The highest BCUT2D eigenvalue weighted by atomic mass is 16.7. The monoisotopic (exact) mass is 760 g/mol. The molecule has 7 fully saturated rings. The summed E-state index contributed by atoms with van der Waals surface area (Å²) in [6, 6.07) is 0.465. The van der Waals surface area contributed by atoms with Gasteiger partial charge in [-0.2, -0.15) is 0 Å². The van der Waals surface area contributed by atoms with Crippen LogP contribution in [-0.2, 0) is 23.7 Å². The third-order valence-corrected chi connectivity index (χ3v) is 17.9. The lowest BCUT2D eigenvalue weighted by Gasteiger charge is -2.64. The molecule has 0 bridgehead atoms. The highest BCUT2D eigenvalue weighted by molar-refractivity contribution is 5.77. The fourth-order valence-electron chi connectivity index (χ4n) is 14.8. The number of aliphatic hydroxyl groups excluding tert-OH is 1. The van der Waals surface area contributed by atoms with Crippen molar-refractivity contribution in [3.8, 4) is 0 Å². The van der Waals surface area contributed by atoms with Crippen LogP contribution in [0.3, 0.4) is 0 Å². The number of ether oxygens (including phenoxy) is 4. The standard InChI is InChI=1S/C44H77N3O7/c1-12-52-38(40(5,6)50)31(51-11)21-28(2)30-22-34(48)42(8)33-14-13-32-39(3,4)35(15-16-43(32)27-44(33,43)18-17-41(30,42)7)54-37-26-47(19-20-53-37)29-23-46(24-29)25-36(49)45(9)10/h28-35,37-38,48,50H,12-27H2,1-11H3/t28-,30-,31?,32+,33?,34+,35+,37+,38+,41-,42-,43-,44+/m1/s1. The average molecular weight is 760 g/mol. The summed E-state index contributed by atoms with van der Waals surface area (Å²) in [5.41, 5.74) is -0.349. The summed E-state index contributed by atoms with van der Waals surface area (Å²) in [4.78, 5) is 18.7. The molecule has 2 unspecified atom stereocenters. The second kappa shape index (κ2) is 14.5. The number of hydrogen-bond donors (Lipinski definition) is 2. The predicted molar refractivity (Wildman–Crippen MR) is 210 cm³/mol. The zero-order valence-corrected chi connectivity index (χ0v) is 35.9. The van der Waals surface area contributed by atoms with E-state index in [1.54, 1.807) is 12.0 Å². The smallest absolute Gasteiger partial charge is 0.236 e. The molecule has 2 spiro atoms.